The van der Waals surface area contributed by atoms with E-state index in [4.69, 9.17) is 11.5 Å². The van der Waals surface area contributed by atoms with Crippen molar-refractivity contribution in [3.05, 3.63) is 23.5 Å². The van der Waals surface area contributed by atoms with E-state index in [0.29, 0.717) is 24.3 Å². The molecule has 0 aromatic carbocycles. The maximum Gasteiger partial charge on any atom is 0.270 e. The number of amides is 2. The van der Waals surface area contributed by atoms with E-state index in [1.807, 2.05) is 13.8 Å². The molecular weight excluding hydrogens is 280 g/mol. The number of hydrogen-bond donors (Lipinski definition) is 2. The third kappa shape index (κ3) is 4.25. The number of aromatic nitrogens is 1. The lowest BCUT2D eigenvalue weighted by molar-refractivity contribution is 0.0731. The topological polar surface area (TPSA) is 94.3 Å². The largest absolute Gasteiger partial charge is 0.366 e. The molecular formula is C13H23ClN4O2. The molecule has 20 heavy (non-hydrogen) atoms. The van der Waals surface area contributed by atoms with Crippen LogP contribution >= 0.6 is 12.4 Å². The Morgan fingerprint density at radius 2 is 1.95 bits per heavy atom. The minimum atomic E-state index is -0.542. The minimum absolute atomic E-state index is 0. The molecule has 1 heterocycles. The van der Waals surface area contributed by atoms with Gasteiger partial charge in [-0.1, -0.05) is 13.8 Å². The summed E-state index contributed by atoms with van der Waals surface area (Å²) < 4.78 is 1.61. The van der Waals surface area contributed by atoms with E-state index < -0.39 is 5.91 Å². The molecule has 0 saturated carbocycles. The predicted molar refractivity (Wildman–Crippen MR) is 81.0 cm³/mol. The van der Waals surface area contributed by atoms with Crippen molar-refractivity contribution in [1.82, 2.24) is 9.47 Å². The molecule has 0 unspecified atom stereocenters. The van der Waals surface area contributed by atoms with Gasteiger partial charge in [0.05, 0.1) is 5.56 Å². The Bertz CT molecular complexity index is 497. The van der Waals surface area contributed by atoms with E-state index in [1.54, 1.807) is 29.8 Å². The van der Waals surface area contributed by atoms with Crippen molar-refractivity contribution in [2.45, 2.75) is 13.8 Å². The van der Waals surface area contributed by atoms with Crippen LogP contribution in [0.15, 0.2) is 12.3 Å². The number of nitrogens with two attached hydrogens (primary N) is 2. The summed E-state index contributed by atoms with van der Waals surface area (Å²) in [6.45, 7) is 5.02. The Balaban J connectivity index is 0.00000361. The van der Waals surface area contributed by atoms with Gasteiger partial charge in [0, 0.05) is 26.8 Å². The van der Waals surface area contributed by atoms with Gasteiger partial charge in [0.25, 0.3) is 5.91 Å². The smallest absolute Gasteiger partial charge is 0.270 e. The monoisotopic (exact) mass is 302 g/mol. The molecule has 7 heteroatoms. The Hall–Kier alpha value is -1.53. The fourth-order valence-electron chi connectivity index (χ4n) is 1.89. The fraction of sp³-hybridized carbons (Fsp3) is 0.538. The van der Waals surface area contributed by atoms with Crippen LogP contribution in [0.1, 0.15) is 34.7 Å². The van der Waals surface area contributed by atoms with E-state index in [0.717, 1.165) is 0 Å². The number of primary amides is 1. The first kappa shape index (κ1) is 18.5. The number of rotatable bonds is 5. The van der Waals surface area contributed by atoms with Gasteiger partial charge < -0.3 is 20.9 Å². The molecule has 0 saturated heterocycles. The van der Waals surface area contributed by atoms with Crippen LogP contribution in [-0.4, -0.2) is 41.4 Å². The van der Waals surface area contributed by atoms with Crippen molar-refractivity contribution in [3.63, 3.8) is 0 Å². The molecule has 4 N–H and O–H groups in total. The van der Waals surface area contributed by atoms with Gasteiger partial charge in [-0.2, -0.15) is 0 Å². The number of halogens is 1. The summed E-state index contributed by atoms with van der Waals surface area (Å²) in [5.41, 5.74) is 11.5. The highest BCUT2D eigenvalue weighted by Gasteiger charge is 2.24. The van der Waals surface area contributed by atoms with E-state index in [1.165, 1.54) is 6.07 Å². The van der Waals surface area contributed by atoms with E-state index in [9.17, 15) is 9.59 Å². The lowest BCUT2D eigenvalue weighted by Crippen LogP contribution is -2.40. The average molecular weight is 303 g/mol. The van der Waals surface area contributed by atoms with Gasteiger partial charge in [0.2, 0.25) is 5.91 Å². The van der Waals surface area contributed by atoms with Gasteiger partial charge in [-0.05, 0) is 18.0 Å². The molecule has 1 aromatic rings. The molecule has 1 aromatic heterocycles. The summed E-state index contributed by atoms with van der Waals surface area (Å²) >= 11 is 0. The third-order valence-electron chi connectivity index (χ3n) is 3.07. The van der Waals surface area contributed by atoms with E-state index >= 15 is 0 Å². The maximum atomic E-state index is 12.3. The van der Waals surface area contributed by atoms with Crippen LogP contribution in [0.5, 0.6) is 0 Å². The molecule has 114 valence electrons. The second-order valence-electron chi connectivity index (χ2n) is 5.62. The molecule has 1 rings (SSSR count). The Morgan fingerprint density at radius 3 is 2.35 bits per heavy atom. The standard InChI is InChI=1S/C13H22N4O2.ClH/c1-13(2,7-14)8-17(4)12(19)10-5-9(11(15)18)6-16(10)3;/h5-6H,7-8,14H2,1-4H3,(H2,15,18);1H. The van der Waals surface area contributed by atoms with Crippen LogP contribution in [0.25, 0.3) is 0 Å². The zero-order valence-corrected chi connectivity index (χ0v) is 13.2. The van der Waals surface area contributed by atoms with Crippen molar-refractivity contribution in [2.75, 3.05) is 20.1 Å². The van der Waals surface area contributed by atoms with Gasteiger partial charge >= 0.3 is 0 Å². The van der Waals surface area contributed by atoms with Gasteiger partial charge in [0.15, 0.2) is 0 Å². The summed E-state index contributed by atoms with van der Waals surface area (Å²) in [5.74, 6) is -0.698. The molecule has 0 atom stereocenters. The molecule has 0 spiro atoms. The lowest BCUT2D eigenvalue weighted by Gasteiger charge is -2.29. The van der Waals surface area contributed by atoms with Crippen LogP contribution in [0.2, 0.25) is 0 Å². The van der Waals surface area contributed by atoms with Crippen LogP contribution in [0.4, 0.5) is 0 Å². The summed E-state index contributed by atoms with van der Waals surface area (Å²) in [6.07, 6.45) is 1.55. The number of nitrogens with zero attached hydrogens (tertiary/aromatic N) is 2. The van der Waals surface area contributed by atoms with Crippen molar-refractivity contribution in [1.29, 1.82) is 0 Å². The van der Waals surface area contributed by atoms with Gasteiger partial charge in [-0.3, -0.25) is 9.59 Å². The molecule has 2 amide bonds. The number of carbonyl (C=O) groups is 2. The second-order valence-corrected chi connectivity index (χ2v) is 5.62. The fourth-order valence-corrected chi connectivity index (χ4v) is 1.89. The molecule has 0 aliphatic rings. The highest BCUT2D eigenvalue weighted by atomic mass is 35.5. The van der Waals surface area contributed by atoms with Crippen LogP contribution in [0, 0.1) is 5.41 Å². The summed E-state index contributed by atoms with van der Waals surface area (Å²) in [4.78, 5) is 25.0. The predicted octanol–water partition coefficient (Wildman–Crippen LogP) is 0.603. The highest BCUT2D eigenvalue weighted by molar-refractivity contribution is 5.98. The molecule has 0 aliphatic heterocycles. The zero-order valence-electron chi connectivity index (χ0n) is 12.3. The van der Waals surface area contributed by atoms with Gasteiger partial charge in [0.1, 0.15) is 5.69 Å². The number of aryl methyl sites for hydroxylation is 1. The van der Waals surface area contributed by atoms with Crippen LogP contribution in [0.3, 0.4) is 0 Å². The number of carbonyl (C=O) groups excluding carboxylic acids is 2. The van der Waals surface area contributed by atoms with Gasteiger partial charge in [-0.25, -0.2) is 0 Å². The van der Waals surface area contributed by atoms with E-state index in [-0.39, 0.29) is 23.7 Å². The average Bonchev–Trinajstić information content (AvgIpc) is 2.70. The Labute approximate surface area is 125 Å². The SMILES string of the molecule is CN(CC(C)(C)CN)C(=O)c1cc(C(N)=O)cn1C.Cl. The zero-order chi connectivity index (χ0) is 14.8. The van der Waals surface area contributed by atoms with Crippen molar-refractivity contribution in [3.8, 4) is 0 Å². The highest BCUT2D eigenvalue weighted by Crippen LogP contribution is 2.16. The second kappa shape index (κ2) is 6.76. The van der Waals surface area contributed by atoms with Crippen LogP contribution in [-0.2, 0) is 7.05 Å². The molecule has 0 aliphatic carbocycles. The molecule has 6 nitrogen and oxygen atoms in total. The first-order valence-corrected chi connectivity index (χ1v) is 6.09. The first-order chi connectivity index (χ1) is 8.68. The quantitative estimate of drug-likeness (QED) is 0.834. The van der Waals surface area contributed by atoms with Crippen molar-refractivity contribution in [2.24, 2.45) is 23.9 Å². The third-order valence-corrected chi connectivity index (χ3v) is 3.07. The van der Waals surface area contributed by atoms with Gasteiger partial charge in [-0.15, -0.1) is 12.4 Å². The first-order valence-electron chi connectivity index (χ1n) is 6.09. The molecule has 0 bridgehead atoms. The molecule has 0 fully saturated rings. The summed E-state index contributed by atoms with van der Waals surface area (Å²) in [5, 5.41) is 0. The normalized spacial score (nSPS) is 10.8. The number of hydrogen-bond acceptors (Lipinski definition) is 3. The minimum Gasteiger partial charge on any atom is -0.366 e. The Morgan fingerprint density at radius 1 is 1.40 bits per heavy atom. The van der Waals surface area contributed by atoms with Crippen molar-refractivity contribution >= 4 is 24.2 Å². The summed E-state index contributed by atoms with van der Waals surface area (Å²) in [6, 6.07) is 1.51. The lowest BCUT2D eigenvalue weighted by atomic mass is 9.93. The summed E-state index contributed by atoms with van der Waals surface area (Å²) in [7, 11) is 3.43. The Kier molecular flexibility index (Phi) is 6.25. The van der Waals surface area contributed by atoms with Crippen LogP contribution < -0.4 is 11.5 Å². The molecule has 0 radical (unpaired) electrons. The van der Waals surface area contributed by atoms with Crippen molar-refractivity contribution < 1.29 is 9.59 Å². The van der Waals surface area contributed by atoms with E-state index in [2.05, 4.69) is 0 Å². The maximum absolute atomic E-state index is 12.3.